The zero-order chi connectivity index (χ0) is 11.4. The molecule has 0 saturated carbocycles. The van der Waals surface area contributed by atoms with Gasteiger partial charge in [0.2, 0.25) is 0 Å². The summed E-state index contributed by atoms with van der Waals surface area (Å²) in [5, 5.41) is 0. The molecule has 3 heteroatoms. The summed E-state index contributed by atoms with van der Waals surface area (Å²) < 4.78 is 0. The third kappa shape index (κ3) is 2.35. The molecular weight excluding hydrogens is 198 g/mol. The number of hydrogen-bond acceptors (Lipinski definition) is 1. The van der Waals surface area contributed by atoms with Gasteiger partial charge in [0, 0.05) is 19.6 Å². The number of benzene rings is 1. The lowest BCUT2D eigenvalue weighted by Crippen LogP contribution is -2.40. The van der Waals surface area contributed by atoms with Gasteiger partial charge in [-0.3, -0.25) is 4.99 Å². The highest BCUT2D eigenvalue weighted by Gasteiger charge is 2.16. The van der Waals surface area contributed by atoms with Crippen LogP contribution in [0.5, 0.6) is 0 Å². The molecule has 0 saturated heterocycles. The largest absolute Gasteiger partial charge is 0.370 e. The SMILES string of the molecule is CCCN=C(N)N1CCc2ccccc2C1. The second-order valence-corrected chi connectivity index (χ2v) is 4.18. The van der Waals surface area contributed by atoms with E-state index in [9.17, 15) is 0 Å². The molecule has 0 aliphatic carbocycles. The van der Waals surface area contributed by atoms with Crippen molar-refractivity contribution in [2.75, 3.05) is 13.1 Å². The third-order valence-electron chi connectivity index (χ3n) is 2.95. The molecule has 1 aliphatic rings. The molecule has 1 aliphatic heterocycles. The fraction of sp³-hybridized carbons (Fsp3) is 0.462. The van der Waals surface area contributed by atoms with Crippen molar-refractivity contribution < 1.29 is 0 Å². The number of nitrogens with two attached hydrogens (primary N) is 1. The summed E-state index contributed by atoms with van der Waals surface area (Å²) in [5.74, 6) is 0.691. The Morgan fingerprint density at radius 1 is 1.38 bits per heavy atom. The summed E-state index contributed by atoms with van der Waals surface area (Å²) >= 11 is 0. The lowest BCUT2D eigenvalue weighted by Gasteiger charge is -2.29. The molecule has 86 valence electrons. The van der Waals surface area contributed by atoms with Gasteiger partial charge in [0.15, 0.2) is 5.96 Å². The maximum Gasteiger partial charge on any atom is 0.191 e. The summed E-state index contributed by atoms with van der Waals surface area (Å²) in [5.41, 5.74) is 8.79. The van der Waals surface area contributed by atoms with Gasteiger partial charge in [-0.25, -0.2) is 0 Å². The number of hydrogen-bond donors (Lipinski definition) is 1. The smallest absolute Gasteiger partial charge is 0.191 e. The highest BCUT2D eigenvalue weighted by atomic mass is 15.2. The Kier molecular flexibility index (Phi) is 3.44. The molecule has 0 fully saturated rings. The molecule has 0 amide bonds. The molecule has 0 bridgehead atoms. The van der Waals surface area contributed by atoms with Crippen molar-refractivity contribution in [3.8, 4) is 0 Å². The van der Waals surface area contributed by atoms with Crippen LogP contribution in [0.3, 0.4) is 0 Å². The average Bonchev–Trinajstić information content (AvgIpc) is 2.35. The second kappa shape index (κ2) is 5.01. The molecule has 1 heterocycles. The van der Waals surface area contributed by atoms with Crippen LogP contribution in [0.15, 0.2) is 29.3 Å². The zero-order valence-electron chi connectivity index (χ0n) is 9.82. The summed E-state index contributed by atoms with van der Waals surface area (Å²) in [6.07, 6.45) is 2.11. The highest BCUT2D eigenvalue weighted by Crippen LogP contribution is 2.17. The summed E-state index contributed by atoms with van der Waals surface area (Å²) in [6, 6.07) is 8.56. The molecule has 3 nitrogen and oxygen atoms in total. The van der Waals surface area contributed by atoms with Crippen molar-refractivity contribution in [3.63, 3.8) is 0 Å². The number of rotatable bonds is 2. The van der Waals surface area contributed by atoms with Gasteiger partial charge >= 0.3 is 0 Å². The van der Waals surface area contributed by atoms with Gasteiger partial charge in [0.1, 0.15) is 0 Å². The highest BCUT2D eigenvalue weighted by molar-refractivity contribution is 5.78. The van der Waals surface area contributed by atoms with Crippen LogP contribution in [0.25, 0.3) is 0 Å². The van der Waals surface area contributed by atoms with Crippen molar-refractivity contribution in [1.29, 1.82) is 0 Å². The fourth-order valence-electron chi connectivity index (χ4n) is 2.02. The Morgan fingerprint density at radius 2 is 2.12 bits per heavy atom. The number of guanidine groups is 1. The third-order valence-corrected chi connectivity index (χ3v) is 2.95. The predicted octanol–water partition coefficient (Wildman–Crippen LogP) is 1.77. The van der Waals surface area contributed by atoms with Gasteiger partial charge in [-0.05, 0) is 24.0 Å². The zero-order valence-corrected chi connectivity index (χ0v) is 9.82. The normalized spacial score (nSPS) is 16.1. The summed E-state index contributed by atoms with van der Waals surface area (Å²) in [4.78, 5) is 6.52. The first-order valence-corrected chi connectivity index (χ1v) is 5.93. The van der Waals surface area contributed by atoms with E-state index in [1.807, 2.05) is 0 Å². The van der Waals surface area contributed by atoms with E-state index in [0.29, 0.717) is 5.96 Å². The van der Waals surface area contributed by atoms with Gasteiger partial charge in [-0.2, -0.15) is 0 Å². The van der Waals surface area contributed by atoms with Crippen LogP contribution < -0.4 is 5.73 Å². The topological polar surface area (TPSA) is 41.6 Å². The Hall–Kier alpha value is -1.51. The molecule has 0 aromatic heterocycles. The van der Waals surface area contributed by atoms with Crippen LogP contribution in [0.1, 0.15) is 24.5 Å². The number of nitrogens with zero attached hydrogens (tertiary/aromatic N) is 2. The molecule has 1 aromatic rings. The van der Waals surface area contributed by atoms with Gasteiger partial charge in [-0.15, -0.1) is 0 Å². The Labute approximate surface area is 97.0 Å². The van der Waals surface area contributed by atoms with Crippen molar-refractivity contribution in [1.82, 2.24) is 4.90 Å². The van der Waals surface area contributed by atoms with E-state index in [1.165, 1.54) is 11.1 Å². The van der Waals surface area contributed by atoms with Gasteiger partial charge in [-0.1, -0.05) is 31.2 Å². The second-order valence-electron chi connectivity index (χ2n) is 4.18. The van der Waals surface area contributed by atoms with Gasteiger partial charge in [0.05, 0.1) is 0 Å². The predicted molar refractivity (Wildman–Crippen MR) is 67.3 cm³/mol. The summed E-state index contributed by atoms with van der Waals surface area (Å²) in [6.45, 7) is 4.82. The lowest BCUT2D eigenvalue weighted by atomic mass is 10.0. The molecule has 1 aromatic carbocycles. The number of aliphatic imine (C=N–C) groups is 1. The van der Waals surface area contributed by atoms with E-state index in [-0.39, 0.29) is 0 Å². The molecule has 0 spiro atoms. The lowest BCUT2D eigenvalue weighted by molar-refractivity contribution is 0.388. The monoisotopic (exact) mass is 217 g/mol. The van der Waals surface area contributed by atoms with Crippen LogP contribution in [0.2, 0.25) is 0 Å². The van der Waals surface area contributed by atoms with Crippen molar-refractivity contribution in [3.05, 3.63) is 35.4 Å². The first kappa shape index (κ1) is 11.0. The minimum atomic E-state index is 0.691. The molecule has 2 rings (SSSR count). The van der Waals surface area contributed by atoms with E-state index in [1.54, 1.807) is 0 Å². The first-order chi connectivity index (χ1) is 7.81. The van der Waals surface area contributed by atoms with E-state index < -0.39 is 0 Å². The Bertz CT molecular complexity index is 385. The molecule has 0 unspecified atom stereocenters. The fourth-order valence-corrected chi connectivity index (χ4v) is 2.02. The molecule has 16 heavy (non-hydrogen) atoms. The van der Waals surface area contributed by atoms with Crippen LogP contribution >= 0.6 is 0 Å². The molecule has 0 radical (unpaired) electrons. The van der Waals surface area contributed by atoms with E-state index in [4.69, 9.17) is 5.73 Å². The van der Waals surface area contributed by atoms with E-state index >= 15 is 0 Å². The quantitative estimate of drug-likeness (QED) is 0.606. The average molecular weight is 217 g/mol. The van der Waals surface area contributed by atoms with Crippen molar-refractivity contribution in [2.45, 2.75) is 26.3 Å². The van der Waals surface area contributed by atoms with Crippen LogP contribution in [0, 0.1) is 0 Å². The van der Waals surface area contributed by atoms with Crippen LogP contribution in [-0.2, 0) is 13.0 Å². The Morgan fingerprint density at radius 3 is 2.88 bits per heavy atom. The Balaban J connectivity index is 2.08. The summed E-state index contributed by atoms with van der Waals surface area (Å²) in [7, 11) is 0. The maximum atomic E-state index is 5.97. The molecule has 2 N–H and O–H groups in total. The minimum Gasteiger partial charge on any atom is -0.370 e. The number of fused-ring (bicyclic) bond motifs is 1. The van der Waals surface area contributed by atoms with Crippen LogP contribution in [-0.4, -0.2) is 23.9 Å². The van der Waals surface area contributed by atoms with Gasteiger partial charge < -0.3 is 10.6 Å². The molecular formula is C13H19N3. The minimum absolute atomic E-state index is 0.691. The van der Waals surface area contributed by atoms with E-state index in [0.717, 1.165) is 32.5 Å². The van der Waals surface area contributed by atoms with E-state index in [2.05, 4.69) is 41.1 Å². The van der Waals surface area contributed by atoms with Crippen molar-refractivity contribution in [2.24, 2.45) is 10.7 Å². The van der Waals surface area contributed by atoms with Crippen molar-refractivity contribution >= 4 is 5.96 Å². The standard InChI is InChI=1S/C13H19N3/c1-2-8-15-13(14)16-9-7-11-5-3-4-6-12(11)10-16/h3-6H,2,7-10H2,1H3,(H2,14,15). The van der Waals surface area contributed by atoms with Crippen LogP contribution in [0.4, 0.5) is 0 Å². The first-order valence-electron chi connectivity index (χ1n) is 5.93. The van der Waals surface area contributed by atoms with Gasteiger partial charge in [0.25, 0.3) is 0 Å². The molecule has 0 atom stereocenters. The maximum absolute atomic E-state index is 5.97.